The molecule has 0 unspecified atom stereocenters. The van der Waals surface area contributed by atoms with E-state index in [4.69, 9.17) is 15.6 Å². The van der Waals surface area contributed by atoms with Gasteiger partial charge in [0.25, 0.3) is 0 Å². The maximum atomic E-state index is 8.75. The number of aliphatic hydroxyl groups is 1. The van der Waals surface area contributed by atoms with Crippen molar-refractivity contribution in [3.8, 4) is 5.75 Å². The van der Waals surface area contributed by atoms with Crippen molar-refractivity contribution in [2.45, 2.75) is 6.04 Å². The summed E-state index contributed by atoms with van der Waals surface area (Å²) in [7, 11) is 1.59. The van der Waals surface area contributed by atoms with Gasteiger partial charge in [0.1, 0.15) is 5.75 Å². The Labute approximate surface area is 69.4 Å². The van der Waals surface area contributed by atoms with Crippen molar-refractivity contribution in [3.63, 3.8) is 0 Å². The van der Waals surface area contributed by atoms with Crippen LogP contribution >= 0.6 is 11.3 Å². The van der Waals surface area contributed by atoms with E-state index in [0.717, 1.165) is 11.3 Å². The molecule has 3 N–H and O–H groups in total. The van der Waals surface area contributed by atoms with Crippen LogP contribution in [0.4, 0.5) is 0 Å². The first-order valence-corrected chi connectivity index (χ1v) is 4.20. The van der Waals surface area contributed by atoms with Crippen LogP contribution in [-0.4, -0.2) is 18.8 Å². The lowest BCUT2D eigenvalue weighted by molar-refractivity contribution is 0.265. The Morgan fingerprint density at radius 2 is 2.45 bits per heavy atom. The fourth-order valence-corrected chi connectivity index (χ4v) is 1.69. The van der Waals surface area contributed by atoms with E-state index in [1.165, 1.54) is 11.3 Å². The molecule has 11 heavy (non-hydrogen) atoms. The second kappa shape index (κ2) is 3.71. The topological polar surface area (TPSA) is 55.5 Å². The molecule has 0 aliphatic heterocycles. The number of nitrogens with two attached hydrogens (primary N) is 1. The highest BCUT2D eigenvalue weighted by Gasteiger charge is 2.10. The van der Waals surface area contributed by atoms with Gasteiger partial charge in [0.15, 0.2) is 0 Å². The van der Waals surface area contributed by atoms with Crippen LogP contribution in [0.1, 0.15) is 11.6 Å². The third-order valence-electron chi connectivity index (χ3n) is 1.47. The van der Waals surface area contributed by atoms with Crippen LogP contribution in [0, 0.1) is 0 Å². The van der Waals surface area contributed by atoms with E-state index in [1.54, 1.807) is 7.11 Å². The van der Waals surface area contributed by atoms with Crippen LogP contribution in [0.5, 0.6) is 5.75 Å². The van der Waals surface area contributed by atoms with Gasteiger partial charge in [-0.3, -0.25) is 0 Å². The Kier molecular flexibility index (Phi) is 2.87. The fourth-order valence-electron chi connectivity index (χ4n) is 0.830. The quantitative estimate of drug-likeness (QED) is 0.709. The van der Waals surface area contributed by atoms with E-state index in [1.807, 2.05) is 10.8 Å². The number of aliphatic hydroxyl groups excluding tert-OH is 1. The molecule has 1 aromatic heterocycles. The van der Waals surface area contributed by atoms with Gasteiger partial charge in [-0.1, -0.05) is 0 Å². The van der Waals surface area contributed by atoms with E-state index < -0.39 is 0 Å². The lowest BCUT2D eigenvalue weighted by atomic mass is 10.2. The number of ether oxygens (including phenoxy) is 1. The van der Waals surface area contributed by atoms with Crippen molar-refractivity contribution >= 4 is 11.3 Å². The number of rotatable bonds is 3. The van der Waals surface area contributed by atoms with Crippen LogP contribution in [0.2, 0.25) is 0 Å². The second-order valence-electron chi connectivity index (χ2n) is 2.18. The molecule has 62 valence electrons. The molecule has 0 aliphatic carbocycles. The van der Waals surface area contributed by atoms with Crippen LogP contribution in [-0.2, 0) is 0 Å². The van der Waals surface area contributed by atoms with Crippen LogP contribution in [0.15, 0.2) is 10.8 Å². The lowest BCUT2D eigenvalue weighted by Crippen LogP contribution is -2.14. The molecule has 3 nitrogen and oxygen atoms in total. The maximum Gasteiger partial charge on any atom is 0.134 e. The Balaban J connectivity index is 2.83. The standard InChI is InChI=1S/C7H11NO2S/c1-10-7-4-11-3-5(7)6(8)2-9/h3-4,6,9H,2,8H2,1H3/t6-/m1/s1. The van der Waals surface area contributed by atoms with Crippen molar-refractivity contribution in [1.29, 1.82) is 0 Å². The van der Waals surface area contributed by atoms with Gasteiger partial charge in [0, 0.05) is 10.9 Å². The van der Waals surface area contributed by atoms with Gasteiger partial charge >= 0.3 is 0 Å². The predicted octanol–water partition coefficient (Wildman–Crippen LogP) is 0.749. The zero-order chi connectivity index (χ0) is 8.27. The summed E-state index contributed by atoms with van der Waals surface area (Å²) in [5.41, 5.74) is 6.47. The lowest BCUT2D eigenvalue weighted by Gasteiger charge is -2.07. The normalized spacial score (nSPS) is 13.0. The smallest absolute Gasteiger partial charge is 0.134 e. The van der Waals surface area contributed by atoms with Gasteiger partial charge in [0.2, 0.25) is 0 Å². The summed E-state index contributed by atoms with van der Waals surface area (Å²) in [5.74, 6) is 0.761. The summed E-state index contributed by atoms with van der Waals surface area (Å²) < 4.78 is 5.03. The summed E-state index contributed by atoms with van der Waals surface area (Å²) >= 11 is 1.52. The van der Waals surface area contributed by atoms with E-state index in [0.29, 0.717) is 0 Å². The molecule has 1 atom stereocenters. The molecule has 0 bridgehead atoms. The number of thiophene rings is 1. The first-order chi connectivity index (χ1) is 5.29. The Hall–Kier alpha value is -0.580. The third-order valence-corrected chi connectivity index (χ3v) is 2.21. The number of hydrogen-bond donors (Lipinski definition) is 2. The van der Waals surface area contributed by atoms with Gasteiger partial charge < -0.3 is 15.6 Å². The second-order valence-corrected chi connectivity index (χ2v) is 2.93. The van der Waals surface area contributed by atoms with E-state index in [2.05, 4.69) is 0 Å². The molecule has 0 spiro atoms. The van der Waals surface area contributed by atoms with Crippen LogP contribution in [0.25, 0.3) is 0 Å². The molecule has 1 heterocycles. The van der Waals surface area contributed by atoms with Crippen LogP contribution in [0.3, 0.4) is 0 Å². The zero-order valence-electron chi connectivity index (χ0n) is 6.28. The van der Waals surface area contributed by atoms with E-state index >= 15 is 0 Å². The third kappa shape index (κ3) is 1.71. The molecule has 0 aliphatic rings. The van der Waals surface area contributed by atoms with Crippen LogP contribution < -0.4 is 10.5 Å². The van der Waals surface area contributed by atoms with Gasteiger partial charge in [-0.2, -0.15) is 0 Å². The minimum absolute atomic E-state index is 0.0485. The molecule has 0 saturated heterocycles. The number of methoxy groups -OCH3 is 1. The molecule has 1 rings (SSSR count). The van der Waals surface area contributed by atoms with E-state index in [-0.39, 0.29) is 12.6 Å². The Bertz CT molecular complexity index is 224. The molecular formula is C7H11NO2S. The molecule has 4 heteroatoms. The highest BCUT2D eigenvalue weighted by Crippen LogP contribution is 2.27. The van der Waals surface area contributed by atoms with Gasteiger partial charge in [-0.15, -0.1) is 11.3 Å². The number of hydrogen-bond acceptors (Lipinski definition) is 4. The van der Waals surface area contributed by atoms with Crippen molar-refractivity contribution in [2.24, 2.45) is 5.73 Å². The average Bonchev–Trinajstić information content (AvgIpc) is 2.50. The van der Waals surface area contributed by atoms with Crippen molar-refractivity contribution in [3.05, 3.63) is 16.3 Å². The van der Waals surface area contributed by atoms with E-state index in [9.17, 15) is 0 Å². The summed E-state index contributed by atoms with van der Waals surface area (Å²) in [6.07, 6.45) is 0. The fraction of sp³-hybridized carbons (Fsp3) is 0.429. The maximum absolute atomic E-state index is 8.75. The summed E-state index contributed by atoms with van der Waals surface area (Å²) in [5, 5.41) is 12.5. The van der Waals surface area contributed by atoms with Gasteiger partial charge in [-0.05, 0) is 5.38 Å². The molecule has 0 radical (unpaired) electrons. The zero-order valence-corrected chi connectivity index (χ0v) is 7.10. The largest absolute Gasteiger partial charge is 0.496 e. The molecule has 1 aromatic rings. The summed E-state index contributed by atoms with van der Waals surface area (Å²) in [4.78, 5) is 0. The summed E-state index contributed by atoms with van der Waals surface area (Å²) in [6, 6.07) is -0.323. The van der Waals surface area contributed by atoms with Gasteiger partial charge in [-0.25, -0.2) is 0 Å². The molecule has 0 saturated carbocycles. The first-order valence-electron chi connectivity index (χ1n) is 3.26. The molecule has 0 aromatic carbocycles. The predicted molar refractivity (Wildman–Crippen MR) is 44.9 cm³/mol. The SMILES string of the molecule is COc1cscc1[C@H](N)CO. The minimum Gasteiger partial charge on any atom is -0.496 e. The Morgan fingerprint density at radius 1 is 1.73 bits per heavy atom. The van der Waals surface area contributed by atoms with Gasteiger partial charge in [0.05, 0.1) is 19.8 Å². The van der Waals surface area contributed by atoms with Crippen molar-refractivity contribution in [1.82, 2.24) is 0 Å². The molecular weight excluding hydrogens is 162 g/mol. The molecule has 0 fully saturated rings. The summed E-state index contributed by atoms with van der Waals surface area (Å²) in [6.45, 7) is -0.0485. The molecule has 0 amide bonds. The minimum atomic E-state index is -0.323. The highest BCUT2D eigenvalue weighted by molar-refractivity contribution is 7.08. The first kappa shape index (κ1) is 8.52. The Morgan fingerprint density at radius 3 is 3.00 bits per heavy atom. The van der Waals surface area contributed by atoms with Crippen molar-refractivity contribution < 1.29 is 9.84 Å². The van der Waals surface area contributed by atoms with Crippen molar-refractivity contribution in [2.75, 3.05) is 13.7 Å². The highest BCUT2D eigenvalue weighted by atomic mass is 32.1. The average molecular weight is 173 g/mol. The monoisotopic (exact) mass is 173 g/mol.